The van der Waals surface area contributed by atoms with Gasteiger partial charge >= 0.3 is 6.09 Å². The molecule has 0 fully saturated rings. The van der Waals surface area contributed by atoms with E-state index in [9.17, 15) is 4.79 Å². The molecule has 0 heterocycles. The van der Waals surface area contributed by atoms with Gasteiger partial charge in [0.05, 0.1) is 6.61 Å². The van der Waals surface area contributed by atoms with Gasteiger partial charge in [0.25, 0.3) is 0 Å². The van der Waals surface area contributed by atoms with Gasteiger partial charge in [-0.3, -0.25) is 5.32 Å². The van der Waals surface area contributed by atoms with E-state index in [1.54, 1.807) is 0 Å². The van der Waals surface area contributed by atoms with Crippen LogP contribution in [0.2, 0.25) is 0 Å². The summed E-state index contributed by atoms with van der Waals surface area (Å²) < 4.78 is 5.00. The first-order valence-corrected chi connectivity index (χ1v) is 6.04. The van der Waals surface area contributed by atoms with Crippen LogP contribution < -0.4 is 10.6 Å². The van der Waals surface area contributed by atoms with Crippen molar-refractivity contribution >= 4 is 17.5 Å². The van der Waals surface area contributed by atoms with Gasteiger partial charge in [-0.2, -0.15) is 0 Å². The highest BCUT2D eigenvalue weighted by molar-refractivity contribution is 5.84. The summed E-state index contributed by atoms with van der Waals surface area (Å²) >= 11 is 0. The maximum atomic E-state index is 11.3. The maximum absolute atomic E-state index is 11.3. The molecule has 0 unspecified atom stereocenters. The molecule has 0 aliphatic heterocycles. The molecular weight excluding hydrogens is 216 g/mol. The molecule has 1 aromatic rings. The Labute approximate surface area is 102 Å². The molecule has 2 N–H and O–H groups in total. The minimum atomic E-state index is -0.394. The van der Waals surface area contributed by atoms with Crippen molar-refractivity contribution in [2.45, 2.75) is 26.7 Å². The van der Waals surface area contributed by atoms with Crippen molar-refractivity contribution in [3.8, 4) is 0 Å². The molecule has 0 saturated heterocycles. The van der Waals surface area contributed by atoms with Crippen molar-refractivity contribution in [2.75, 3.05) is 23.8 Å². The van der Waals surface area contributed by atoms with E-state index >= 15 is 0 Å². The summed E-state index contributed by atoms with van der Waals surface area (Å²) in [5.41, 5.74) is 1.78. The smallest absolute Gasteiger partial charge is 0.411 e. The Kier molecular flexibility index (Phi) is 5.93. The van der Waals surface area contributed by atoms with Crippen LogP contribution in [-0.2, 0) is 4.74 Å². The molecule has 94 valence electrons. The van der Waals surface area contributed by atoms with Crippen LogP contribution in [0.15, 0.2) is 24.3 Å². The first-order valence-electron chi connectivity index (χ1n) is 6.04. The molecule has 0 aliphatic rings. The van der Waals surface area contributed by atoms with Crippen LogP contribution in [0.3, 0.4) is 0 Å². The van der Waals surface area contributed by atoms with Gasteiger partial charge in [0.1, 0.15) is 0 Å². The van der Waals surface area contributed by atoms with Gasteiger partial charge in [0, 0.05) is 17.9 Å². The maximum Gasteiger partial charge on any atom is 0.411 e. The molecule has 1 amide bonds. The van der Waals surface area contributed by atoms with Crippen molar-refractivity contribution in [1.29, 1.82) is 0 Å². The number of hydrogen-bond acceptors (Lipinski definition) is 3. The number of ether oxygens (including phenoxy) is 1. The van der Waals surface area contributed by atoms with E-state index in [0.29, 0.717) is 6.61 Å². The summed E-state index contributed by atoms with van der Waals surface area (Å²) in [6, 6.07) is 7.54. The molecule has 0 aromatic heterocycles. The van der Waals surface area contributed by atoms with E-state index in [0.717, 1.165) is 30.8 Å². The van der Waals surface area contributed by atoms with Crippen molar-refractivity contribution in [2.24, 2.45) is 0 Å². The molecule has 17 heavy (non-hydrogen) atoms. The van der Waals surface area contributed by atoms with Crippen LogP contribution in [0.1, 0.15) is 26.7 Å². The number of nitrogens with one attached hydrogen (secondary N) is 2. The van der Waals surface area contributed by atoms with E-state index < -0.39 is 6.09 Å². The SMILES string of the molecule is CCCCOC(=O)Nc1ccc(NCC)cc1. The highest BCUT2D eigenvalue weighted by Crippen LogP contribution is 2.13. The fourth-order valence-electron chi connectivity index (χ4n) is 1.34. The van der Waals surface area contributed by atoms with Gasteiger partial charge in [-0.25, -0.2) is 4.79 Å². The fraction of sp³-hybridized carbons (Fsp3) is 0.462. The van der Waals surface area contributed by atoms with Crippen molar-refractivity contribution in [3.05, 3.63) is 24.3 Å². The third kappa shape index (κ3) is 5.24. The molecule has 4 heteroatoms. The minimum Gasteiger partial charge on any atom is -0.449 e. The Morgan fingerprint density at radius 1 is 1.18 bits per heavy atom. The van der Waals surface area contributed by atoms with Gasteiger partial charge in [-0.15, -0.1) is 0 Å². The van der Waals surface area contributed by atoms with Crippen LogP contribution in [-0.4, -0.2) is 19.2 Å². The zero-order valence-electron chi connectivity index (χ0n) is 10.5. The van der Waals surface area contributed by atoms with E-state index in [2.05, 4.69) is 17.6 Å². The highest BCUT2D eigenvalue weighted by Gasteiger charge is 2.02. The fourth-order valence-corrected chi connectivity index (χ4v) is 1.34. The highest BCUT2D eigenvalue weighted by atomic mass is 16.5. The van der Waals surface area contributed by atoms with E-state index in [1.165, 1.54) is 0 Å². The van der Waals surface area contributed by atoms with E-state index in [1.807, 2.05) is 31.2 Å². The lowest BCUT2D eigenvalue weighted by molar-refractivity contribution is 0.160. The summed E-state index contributed by atoms with van der Waals surface area (Å²) in [5, 5.41) is 5.87. The summed E-state index contributed by atoms with van der Waals surface area (Å²) in [6.07, 6.45) is 1.52. The van der Waals surface area contributed by atoms with Gasteiger partial charge in [0.15, 0.2) is 0 Å². The summed E-state index contributed by atoms with van der Waals surface area (Å²) in [5.74, 6) is 0. The number of rotatable bonds is 6. The summed E-state index contributed by atoms with van der Waals surface area (Å²) in [4.78, 5) is 11.3. The van der Waals surface area contributed by atoms with Gasteiger partial charge < -0.3 is 10.1 Å². The van der Waals surface area contributed by atoms with Crippen molar-refractivity contribution in [3.63, 3.8) is 0 Å². The van der Waals surface area contributed by atoms with Crippen LogP contribution in [0.25, 0.3) is 0 Å². The van der Waals surface area contributed by atoms with Crippen molar-refractivity contribution in [1.82, 2.24) is 0 Å². The van der Waals surface area contributed by atoms with Crippen LogP contribution in [0.5, 0.6) is 0 Å². The lowest BCUT2D eigenvalue weighted by Gasteiger charge is -2.07. The Balaban J connectivity index is 2.37. The quantitative estimate of drug-likeness (QED) is 0.743. The molecule has 0 spiro atoms. The Morgan fingerprint density at radius 2 is 1.82 bits per heavy atom. The molecule has 1 aromatic carbocycles. The largest absolute Gasteiger partial charge is 0.449 e. The van der Waals surface area contributed by atoms with Gasteiger partial charge in [-0.1, -0.05) is 13.3 Å². The lowest BCUT2D eigenvalue weighted by atomic mass is 10.3. The number of unbranched alkanes of at least 4 members (excludes halogenated alkanes) is 1. The molecule has 4 nitrogen and oxygen atoms in total. The molecule has 0 bridgehead atoms. The van der Waals surface area contributed by atoms with Gasteiger partial charge in [0.2, 0.25) is 0 Å². The predicted octanol–water partition coefficient (Wildman–Crippen LogP) is 3.47. The molecule has 0 radical (unpaired) electrons. The number of amides is 1. The van der Waals surface area contributed by atoms with E-state index in [4.69, 9.17) is 4.74 Å². The second-order valence-electron chi connectivity index (χ2n) is 3.72. The van der Waals surface area contributed by atoms with Gasteiger partial charge in [-0.05, 0) is 37.6 Å². The van der Waals surface area contributed by atoms with Crippen LogP contribution >= 0.6 is 0 Å². The number of hydrogen-bond donors (Lipinski definition) is 2. The first kappa shape index (κ1) is 13.4. The topological polar surface area (TPSA) is 50.4 Å². The zero-order valence-corrected chi connectivity index (χ0v) is 10.5. The summed E-state index contributed by atoms with van der Waals surface area (Å²) in [6.45, 7) is 5.45. The average Bonchev–Trinajstić information content (AvgIpc) is 2.32. The first-order chi connectivity index (χ1) is 8.26. The Hall–Kier alpha value is -1.71. The normalized spacial score (nSPS) is 9.76. The standard InChI is InChI=1S/C13H20N2O2/c1-3-5-10-17-13(16)15-12-8-6-11(7-9-12)14-4-2/h6-9,14H,3-5,10H2,1-2H3,(H,15,16). The second kappa shape index (κ2) is 7.54. The third-order valence-corrected chi connectivity index (χ3v) is 2.24. The van der Waals surface area contributed by atoms with Crippen LogP contribution in [0, 0.1) is 0 Å². The lowest BCUT2D eigenvalue weighted by Crippen LogP contribution is -2.14. The third-order valence-electron chi connectivity index (χ3n) is 2.24. The Bertz CT molecular complexity index is 336. The van der Waals surface area contributed by atoms with Crippen molar-refractivity contribution < 1.29 is 9.53 Å². The minimum absolute atomic E-state index is 0.394. The average molecular weight is 236 g/mol. The van der Waals surface area contributed by atoms with Crippen LogP contribution in [0.4, 0.5) is 16.2 Å². The monoisotopic (exact) mass is 236 g/mol. The number of benzene rings is 1. The number of carbonyl (C=O) groups excluding carboxylic acids is 1. The zero-order chi connectivity index (χ0) is 12.5. The number of carbonyl (C=O) groups is 1. The predicted molar refractivity (Wildman–Crippen MR) is 70.5 cm³/mol. The second-order valence-corrected chi connectivity index (χ2v) is 3.72. The Morgan fingerprint density at radius 3 is 2.41 bits per heavy atom. The molecule has 1 rings (SSSR count). The molecular formula is C13H20N2O2. The molecule has 0 atom stereocenters. The number of anilines is 2. The van der Waals surface area contributed by atoms with E-state index in [-0.39, 0.29) is 0 Å². The molecule has 0 aliphatic carbocycles. The summed E-state index contributed by atoms with van der Waals surface area (Å²) in [7, 11) is 0. The molecule has 0 saturated carbocycles.